The Kier molecular flexibility index (Phi) is 10.2. The molecule has 2 aromatic heterocycles. The summed E-state index contributed by atoms with van der Waals surface area (Å²) in [5, 5.41) is 11.0. The van der Waals surface area contributed by atoms with Crippen LogP contribution in [0.2, 0.25) is 0 Å². The second kappa shape index (κ2) is 13.4. The van der Waals surface area contributed by atoms with Gasteiger partial charge in [0.25, 0.3) is 0 Å². The standard InChI is InChI=1S/C27H31N3O.C6H12O/c1-3-4-5-6-10-17-23-26-29-24(18-21-14-8-7-9-15-21)27(31)30(26)19-25(28-23)22-16-12-11-13-20(22)2;1-5(7)6(2,3)4/h3-9,11-12,14,16,19-21,31H,10,13,15,17-18H2,1-2H3;1-4H3/b4-3-,6-5-;/t20?,21-;/m0./s1. The molecule has 0 saturated carbocycles. The molecule has 5 heteroatoms. The van der Waals surface area contributed by atoms with Gasteiger partial charge in [0.1, 0.15) is 11.5 Å². The van der Waals surface area contributed by atoms with Gasteiger partial charge in [0, 0.05) is 18.0 Å². The predicted molar refractivity (Wildman–Crippen MR) is 158 cm³/mol. The molecule has 2 heterocycles. The summed E-state index contributed by atoms with van der Waals surface area (Å²) in [6.07, 6.45) is 29.6. The maximum Gasteiger partial charge on any atom is 0.219 e. The highest BCUT2D eigenvalue weighted by molar-refractivity contribution is 5.80. The van der Waals surface area contributed by atoms with E-state index in [0.29, 0.717) is 11.8 Å². The van der Waals surface area contributed by atoms with Gasteiger partial charge >= 0.3 is 0 Å². The minimum Gasteiger partial charge on any atom is -0.493 e. The maximum atomic E-state index is 11.0. The first-order valence-electron chi connectivity index (χ1n) is 13.7. The van der Waals surface area contributed by atoms with Crippen LogP contribution in [0, 0.1) is 17.3 Å². The van der Waals surface area contributed by atoms with Gasteiger partial charge in [-0.3, -0.25) is 9.20 Å². The van der Waals surface area contributed by atoms with Crippen LogP contribution >= 0.6 is 0 Å². The zero-order chi connectivity index (χ0) is 27.7. The van der Waals surface area contributed by atoms with Crippen molar-refractivity contribution in [1.82, 2.24) is 14.4 Å². The van der Waals surface area contributed by atoms with E-state index >= 15 is 0 Å². The number of aromatic hydroxyl groups is 1. The Morgan fingerprint density at radius 1 is 1.11 bits per heavy atom. The molecule has 5 nitrogen and oxygen atoms in total. The summed E-state index contributed by atoms with van der Waals surface area (Å²) >= 11 is 0. The van der Waals surface area contributed by atoms with E-state index in [1.54, 1.807) is 6.92 Å². The number of carbonyl (C=O) groups excluding carboxylic acids is 1. The molecule has 0 amide bonds. The highest BCUT2D eigenvalue weighted by Gasteiger charge is 2.21. The second-order valence-corrected chi connectivity index (χ2v) is 11.1. The number of Topliss-reactive ketones (excluding diaryl/α,β-unsaturated/α-hetero) is 1. The summed E-state index contributed by atoms with van der Waals surface area (Å²) in [4.78, 5) is 20.3. The van der Waals surface area contributed by atoms with Gasteiger partial charge in [-0.2, -0.15) is 0 Å². The number of imidazole rings is 1. The molecule has 2 aromatic rings. The molecule has 0 aromatic carbocycles. The maximum absolute atomic E-state index is 11.0. The lowest BCUT2D eigenvalue weighted by Gasteiger charge is -2.17. The van der Waals surface area contributed by atoms with Crippen LogP contribution in [-0.2, 0) is 17.6 Å². The monoisotopic (exact) mass is 513 g/mol. The number of aryl methyl sites for hydroxylation is 1. The fraction of sp³-hybridized carbons (Fsp3) is 0.424. The van der Waals surface area contributed by atoms with Gasteiger partial charge in [-0.1, -0.05) is 94.5 Å². The largest absolute Gasteiger partial charge is 0.493 e. The van der Waals surface area contributed by atoms with E-state index in [1.807, 2.05) is 50.4 Å². The molecular formula is C33H43N3O2. The summed E-state index contributed by atoms with van der Waals surface area (Å²) in [6, 6.07) is 0. The number of hydrogen-bond donors (Lipinski definition) is 1. The van der Waals surface area contributed by atoms with Gasteiger partial charge in [0.15, 0.2) is 5.65 Å². The van der Waals surface area contributed by atoms with Crippen molar-refractivity contribution in [2.45, 2.75) is 73.6 Å². The Morgan fingerprint density at radius 2 is 1.84 bits per heavy atom. The Balaban J connectivity index is 0.000000505. The molecule has 38 heavy (non-hydrogen) atoms. The number of rotatable bonds is 7. The van der Waals surface area contributed by atoms with Crippen molar-refractivity contribution in [1.29, 1.82) is 0 Å². The van der Waals surface area contributed by atoms with E-state index in [9.17, 15) is 9.90 Å². The van der Waals surface area contributed by atoms with Crippen LogP contribution in [-0.4, -0.2) is 25.3 Å². The third kappa shape index (κ3) is 7.77. The topological polar surface area (TPSA) is 67.5 Å². The fourth-order valence-corrected chi connectivity index (χ4v) is 4.21. The molecule has 0 bridgehead atoms. The van der Waals surface area contributed by atoms with Gasteiger partial charge in [-0.15, -0.1) is 0 Å². The van der Waals surface area contributed by atoms with Crippen molar-refractivity contribution >= 4 is 17.0 Å². The highest BCUT2D eigenvalue weighted by Crippen LogP contribution is 2.32. The second-order valence-electron chi connectivity index (χ2n) is 11.1. The Morgan fingerprint density at radius 3 is 2.47 bits per heavy atom. The van der Waals surface area contributed by atoms with Crippen LogP contribution in [0.1, 0.15) is 77.9 Å². The van der Waals surface area contributed by atoms with Crippen LogP contribution in [0.3, 0.4) is 0 Å². The van der Waals surface area contributed by atoms with Crippen LogP contribution in [0.5, 0.6) is 5.88 Å². The normalized spacial score (nSPS) is 19.3. The number of fused-ring (bicyclic) bond motifs is 1. The fourth-order valence-electron chi connectivity index (χ4n) is 4.21. The summed E-state index contributed by atoms with van der Waals surface area (Å²) in [5.74, 6) is 1.26. The number of hydrogen-bond acceptors (Lipinski definition) is 4. The van der Waals surface area contributed by atoms with Crippen LogP contribution in [0.4, 0.5) is 0 Å². The first-order chi connectivity index (χ1) is 18.1. The first-order valence-corrected chi connectivity index (χ1v) is 13.7. The minimum atomic E-state index is -0.139. The van der Waals surface area contributed by atoms with Crippen molar-refractivity contribution < 1.29 is 9.90 Å². The van der Waals surface area contributed by atoms with Crippen LogP contribution in [0.15, 0.2) is 73.0 Å². The third-order valence-electron chi connectivity index (χ3n) is 7.02. The molecule has 4 rings (SSSR count). The lowest BCUT2D eigenvalue weighted by Crippen LogP contribution is -2.15. The molecule has 1 N–H and O–H groups in total. The molecule has 1 unspecified atom stereocenters. The SMILES string of the molecule is C/C=C\C=C/CCc1nc(C2=CC=CCC2C)cn2c(O)c(C[C@H]3C=CC=CC3)nc12.CC(=O)C(C)(C)C. The molecule has 0 saturated heterocycles. The van der Waals surface area contributed by atoms with E-state index in [2.05, 4.69) is 61.6 Å². The molecule has 0 aliphatic heterocycles. The van der Waals surface area contributed by atoms with E-state index in [4.69, 9.17) is 9.97 Å². The number of nitrogens with zero attached hydrogens (tertiary/aromatic N) is 3. The summed E-state index contributed by atoms with van der Waals surface area (Å²) in [6.45, 7) is 11.6. The van der Waals surface area contributed by atoms with E-state index in [0.717, 1.165) is 54.8 Å². The van der Waals surface area contributed by atoms with Crippen molar-refractivity contribution in [3.05, 3.63) is 90.1 Å². The zero-order valence-electron chi connectivity index (χ0n) is 23.8. The molecular weight excluding hydrogens is 470 g/mol. The average molecular weight is 514 g/mol. The van der Waals surface area contributed by atoms with Gasteiger partial charge < -0.3 is 5.11 Å². The molecule has 2 atom stereocenters. The first kappa shape index (κ1) is 29.1. The van der Waals surface area contributed by atoms with Gasteiger partial charge in [0.05, 0.1) is 11.4 Å². The number of aromatic nitrogens is 3. The minimum absolute atomic E-state index is 0.139. The number of ketones is 1. The third-order valence-corrected chi connectivity index (χ3v) is 7.02. The molecule has 202 valence electrons. The quantitative estimate of drug-likeness (QED) is 0.384. The van der Waals surface area contributed by atoms with Crippen molar-refractivity contribution in [2.24, 2.45) is 17.3 Å². The lowest BCUT2D eigenvalue weighted by molar-refractivity contribution is -0.124. The molecule has 2 aliphatic carbocycles. The van der Waals surface area contributed by atoms with Gasteiger partial charge in [-0.05, 0) is 56.9 Å². The Bertz CT molecular complexity index is 1300. The highest BCUT2D eigenvalue weighted by atomic mass is 16.3. The van der Waals surface area contributed by atoms with E-state index in [-0.39, 0.29) is 17.1 Å². The predicted octanol–water partition coefficient (Wildman–Crippen LogP) is 7.78. The molecule has 0 radical (unpaired) electrons. The number of carbonyl (C=O) groups is 1. The van der Waals surface area contributed by atoms with Crippen molar-refractivity contribution in [2.75, 3.05) is 0 Å². The lowest BCUT2D eigenvalue weighted by atomic mass is 9.91. The van der Waals surface area contributed by atoms with Crippen LogP contribution < -0.4 is 0 Å². The van der Waals surface area contributed by atoms with Crippen molar-refractivity contribution in [3.63, 3.8) is 0 Å². The zero-order valence-corrected chi connectivity index (χ0v) is 23.8. The molecule has 0 fully saturated rings. The average Bonchev–Trinajstić information content (AvgIpc) is 3.19. The molecule has 0 spiro atoms. The van der Waals surface area contributed by atoms with Crippen molar-refractivity contribution in [3.8, 4) is 5.88 Å². The smallest absolute Gasteiger partial charge is 0.219 e. The van der Waals surface area contributed by atoms with Crippen LogP contribution in [0.25, 0.3) is 11.2 Å². The van der Waals surface area contributed by atoms with E-state index in [1.165, 1.54) is 5.57 Å². The Labute approximate surface area is 228 Å². The summed E-state index contributed by atoms with van der Waals surface area (Å²) in [5.41, 5.74) is 4.46. The molecule has 2 aliphatic rings. The summed E-state index contributed by atoms with van der Waals surface area (Å²) < 4.78 is 1.84. The van der Waals surface area contributed by atoms with Gasteiger partial charge in [0.2, 0.25) is 5.88 Å². The number of allylic oxidation sites excluding steroid dienone is 12. The Hall–Kier alpha value is -3.47. The summed E-state index contributed by atoms with van der Waals surface area (Å²) in [7, 11) is 0. The van der Waals surface area contributed by atoms with Gasteiger partial charge in [-0.25, -0.2) is 9.97 Å². The van der Waals surface area contributed by atoms with E-state index < -0.39 is 0 Å².